The molecule has 4 N–H and O–H groups in total. The first kappa shape index (κ1) is 29.4. The number of alkyl halides is 2. The van der Waals surface area contributed by atoms with Crippen LogP contribution in [0.4, 0.5) is 20.4 Å². The maximum absolute atomic E-state index is 15.8. The van der Waals surface area contributed by atoms with E-state index >= 15 is 4.39 Å². The van der Waals surface area contributed by atoms with Crippen LogP contribution < -0.4 is 22.2 Å². The number of rotatable bonds is 6. The smallest absolute Gasteiger partial charge is 0.350 e. The molecule has 3 aliphatic heterocycles. The van der Waals surface area contributed by atoms with Crippen molar-refractivity contribution in [3.8, 4) is 0 Å². The molecule has 3 aliphatic rings. The Labute approximate surface area is 242 Å². The van der Waals surface area contributed by atoms with Crippen molar-refractivity contribution in [2.24, 2.45) is 5.84 Å². The molecule has 0 radical (unpaired) electrons. The summed E-state index contributed by atoms with van der Waals surface area (Å²) in [6, 6.07) is 9.52. The van der Waals surface area contributed by atoms with E-state index in [4.69, 9.17) is 24.8 Å². The molecule has 230 valence electrons. The van der Waals surface area contributed by atoms with Crippen LogP contribution in [0, 0.1) is 0 Å². The number of fused-ring (bicyclic) bond motifs is 1. The highest BCUT2D eigenvalue weighted by Crippen LogP contribution is 2.36. The number of nitrogens with two attached hydrogens (primary N) is 1. The van der Waals surface area contributed by atoms with Gasteiger partial charge in [-0.3, -0.25) is 9.13 Å². The zero-order valence-electron chi connectivity index (χ0n) is 22.6. The van der Waals surface area contributed by atoms with Gasteiger partial charge < -0.3 is 29.2 Å². The van der Waals surface area contributed by atoms with Crippen LogP contribution in [0.1, 0.15) is 23.9 Å². The number of ether oxygens (including phenoxy) is 4. The zero-order valence-corrected chi connectivity index (χ0v) is 22.6. The minimum absolute atomic E-state index is 0.0899. The molecule has 0 bridgehead atoms. The summed E-state index contributed by atoms with van der Waals surface area (Å²) < 4.78 is 55.3. The lowest BCUT2D eigenvalue weighted by atomic mass is 9.98. The summed E-state index contributed by atoms with van der Waals surface area (Å²) >= 11 is 0. The van der Waals surface area contributed by atoms with E-state index < -0.39 is 73.1 Å². The van der Waals surface area contributed by atoms with Crippen molar-refractivity contribution in [2.45, 2.75) is 55.1 Å². The Morgan fingerprint density at radius 1 is 0.884 bits per heavy atom. The normalized spacial score (nSPS) is 32.6. The van der Waals surface area contributed by atoms with E-state index in [0.717, 1.165) is 19.7 Å². The van der Waals surface area contributed by atoms with Crippen LogP contribution in [0.5, 0.6) is 0 Å². The molecule has 2 aromatic heterocycles. The first-order valence-corrected chi connectivity index (χ1v) is 13.6. The first-order valence-electron chi connectivity index (χ1n) is 13.6. The molecule has 43 heavy (non-hydrogen) atoms. The van der Waals surface area contributed by atoms with Crippen LogP contribution in [-0.4, -0.2) is 92.5 Å². The Bertz CT molecular complexity index is 1550. The van der Waals surface area contributed by atoms with Crippen molar-refractivity contribution in [3.63, 3.8) is 0 Å². The van der Waals surface area contributed by atoms with E-state index in [-0.39, 0.29) is 31.5 Å². The van der Waals surface area contributed by atoms with Crippen LogP contribution in [0.15, 0.2) is 64.4 Å². The lowest BCUT2D eigenvalue weighted by Crippen LogP contribution is -2.56. The number of halogens is 2. The molecule has 1 unspecified atom stereocenters. The van der Waals surface area contributed by atoms with Crippen LogP contribution in [0.3, 0.4) is 0 Å². The lowest BCUT2D eigenvalue weighted by molar-refractivity contribution is -0.298. The number of aliphatic hydroxyl groups is 2. The van der Waals surface area contributed by atoms with Gasteiger partial charge in [-0.1, -0.05) is 30.3 Å². The number of benzene rings is 1. The van der Waals surface area contributed by atoms with E-state index in [1.165, 1.54) is 24.5 Å². The van der Waals surface area contributed by atoms with Gasteiger partial charge in [0.1, 0.15) is 24.4 Å². The van der Waals surface area contributed by atoms with Crippen LogP contribution in [0.25, 0.3) is 0 Å². The largest absolute Gasteiger partial charge is 0.394 e. The Kier molecular flexibility index (Phi) is 8.32. The van der Waals surface area contributed by atoms with E-state index in [1.807, 2.05) is 30.3 Å². The predicted octanol–water partition coefficient (Wildman–Crippen LogP) is -0.165. The fraction of sp³-hybridized carbons (Fsp3) is 0.481. The number of hydrogen-bond acceptors (Lipinski definition) is 12. The van der Waals surface area contributed by atoms with Gasteiger partial charge in [0.2, 0.25) is 0 Å². The van der Waals surface area contributed by atoms with E-state index in [0.29, 0.717) is 0 Å². The molecule has 3 aromatic rings. The molecule has 3 saturated heterocycles. The monoisotopic (exact) mass is 604 g/mol. The van der Waals surface area contributed by atoms with Gasteiger partial charge in [0, 0.05) is 18.0 Å². The summed E-state index contributed by atoms with van der Waals surface area (Å²) in [5, 5.41) is 20.1. The molecule has 0 aliphatic carbocycles. The second kappa shape index (κ2) is 12.2. The van der Waals surface area contributed by atoms with Crippen molar-refractivity contribution >= 4 is 11.6 Å². The maximum atomic E-state index is 15.8. The van der Waals surface area contributed by atoms with Gasteiger partial charge in [0.25, 0.3) is 0 Å². The van der Waals surface area contributed by atoms with E-state index in [9.17, 15) is 24.2 Å². The average Bonchev–Trinajstić information content (AvgIpc) is 3.03. The molecule has 1 aromatic carbocycles. The van der Waals surface area contributed by atoms with Crippen LogP contribution >= 0.6 is 0 Å². The van der Waals surface area contributed by atoms with Gasteiger partial charge >= 0.3 is 11.4 Å². The molecule has 14 nitrogen and oxygen atoms in total. The van der Waals surface area contributed by atoms with Gasteiger partial charge in [-0.05, 0) is 12.1 Å². The lowest BCUT2D eigenvalue weighted by Gasteiger charge is -2.44. The summed E-state index contributed by atoms with van der Waals surface area (Å²) in [5.41, 5.74) is -0.992. The molecule has 16 heteroatoms. The SMILES string of the molecule is NN(c1ccn([C@@H]2CO[C@H](CO)[C@@H](O)[C@@H]2F)c(=O)n1)c1ccn([C@@H]2CO[C@@H]3COC(c4ccccc4)O[C@H]3[C@@H]2F)c(=O)n1. The Balaban J connectivity index is 1.17. The highest BCUT2D eigenvalue weighted by atomic mass is 19.1. The van der Waals surface area contributed by atoms with Crippen molar-refractivity contribution < 1.29 is 37.9 Å². The summed E-state index contributed by atoms with van der Waals surface area (Å²) in [6.45, 7) is -0.844. The second-order valence-corrected chi connectivity index (χ2v) is 10.4. The fourth-order valence-electron chi connectivity index (χ4n) is 5.46. The van der Waals surface area contributed by atoms with Gasteiger partial charge in [-0.2, -0.15) is 9.97 Å². The molecule has 0 saturated carbocycles. The first-order chi connectivity index (χ1) is 20.8. The molecular formula is C27H30F2N6O8. The molecule has 6 rings (SSSR count). The Morgan fingerprint density at radius 2 is 1.49 bits per heavy atom. The molecular weight excluding hydrogens is 574 g/mol. The third-order valence-electron chi connectivity index (χ3n) is 7.87. The minimum Gasteiger partial charge on any atom is -0.394 e. The van der Waals surface area contributed by atoms with E-state index in [2.05, 4.69) is 9.97 Å². The number of hydrazine groups is 1. The Morgan fingerprint density at radius 3 is 2.09 bits per heavy atom. The molecule has 0 amide bonds. The number of anilines is 2. The van der Waals surface area contributed by atoms with Gasteiger partial charge in [0.15, 0.2) is 30.3 Å². The van der Waals surface area contributed by atoms with Crippen LogP contribution in [0.2, 0.25) is 0 Å². The summed E-state index contributed by atoms with van der Waals surface area (Å²) in [7, 11) is 0. The fourth-order valence-corrected chi connectivity index (χ4v) is 5.46. The van der Waals surface area contributed by atoms with Crippen molar-refractivity contribution in [1.82, 2.24) is 19.1 Å². The maximum Gasteiger partial charge on any atom is 0.350 e. The van der Waals surface area contributed by atoms with Gasteiger partial charge in [0.05, 0.1) is 38.5 Å². The number of nitrogens with zero attached hydrogens (tertiary/aromatic N) is 5. The van der Waals surface area contributed by atoms with Crippen molar-refractivity contribution in [2.75, 3.05) is 31.4 Å². The number of aromatic nitrogens is 4. The number of aliphatic hydroxyl groups excluding tert-OH is 2. The molecule has 9 atom stereocenters. The summed E-state index contributed by atoms with van der Waals surface area (Å²) in [5.74, 6) is 5.90. The molecule has 5 heterocycles. The average molecular weight is 605 g/mol. The highest BCUT2D eigenvalue weighted by Gasteiger charge is 2.47. The third kappa shape index (κ3) is 5.58. The molecule has 0 spiro atoms. The second-order valence-electron chi connectivity index (χ2n) is 10.4. The predicted molar refractivity (Wildman–Crippen MR) is 144 cm³/mol. The zero-order chi connectivity index (χ0) is 30.2. The van der Waals surface area contributed by atoms with Gasteiger partial charge in [-0.15, -0.1) is 0 Å². The summed E-state index contributed by atoms with van der Waals surface area (Å²) in [6.07, 6.45) is -6.13. The van der Waals surface area contributed by atoms with Crippen molar-refractivity contribution in [1.29, 1.82) is 0 Å². The summed E-state index contributed by atoms with van der Waals surface area (Å²) in [4.78, 5) is 33.5. The Hall–Kier alpha value is -3.64. The quantitative estimate of drug-likeness (QED) is 0.251. The van der Waals surface area contributed by atoms with Crippen LogP contribution in [-0.2, 0) is 18.9 Å². The molecule has 3 fully saturated rings. The third-order valence-corrected chi connectivity index (χ3v) is 7.87. The van der Waals surface area contributed by atoms with E-state index in [1.54, 1.807) is 0 Å². The minimum atomic E-state index is -1.89. The van der Waals surface area contributed by atoms with Gasteiger partial charge in [-0.25, -0.2) is 29.2 Å². The number of hydrogen-bond donors (Lipinski definition) is 3. The highest BCUT2D eigenvalue weighted by molar-refractivity contribution is 5.52. The topological polar surface area (TPSA) is 176 Å². The van der Waals surface area contributed by atoms with Crippen molar-refractivity contribution in [3.05, 3.63) is 81.4 Å². The standard InChI is InChI=1S/C27H30F2N6O8/c28-21-15(11-40-17(10-36)23(21)37)33-8-6-19(31-26(33)38)35(30)20-7-9-34(27(39)32-20)16-12-41-18-13-42-25(43-24(18)22(16)29)14-4-2-1-3-5-14/h1-9,15-18,21-25,36-37H,10-13,30H2/t15-,16-,17-,18-,21-,22-,23-,24-,25?/m1/s1.